The van der Waals surface area contributed by atoms with Gasteiger partial charge in [0.05, 0.1) is 30.0 Å². The molecule has 3 aromatic heterocycles. The highest BCUT2D eigenvalue weighted by Gasteiger charge is 2.23. The standard InChI is InChI=1S/C22H25N11O/c23-17-4-1-2-5-18(17)30-19-13-25-20(21(24)34)22(31-19)29-14-10-15(32-9-3-6-26-32)12-16(11-14)33-27-7-8-28-33/h3,6-13,17-18H,1-2,4-5,23H2,(H2,24,34)(H2,29,30,31). The van der Waals surface area contributed by atoms with E-state index in [1.807, 2.05) is 30.5 Å². The molecule has 12 nitrogen and oxygen atoms in total. The van der Waals surface area contributed by atoms with Gasteiger partial charge in [0, 0.05) is 30.2 Å². The predicted octanol–water partition coefficient (Wildman–Crippen LogP) is 1.77. The van der Waals surface area contributed by atoms with E-state index in [9.17, 15) is 4.79 Å². The summed E-state index contributed by atoms with van der Waals surface area (Å²) in [5.74, 6) is 0.0685. The van der Waals surface area contributed by atoms with E-state index in [1.165, 1.54) is 11.0 Å². The average Bonchev–Trinajstić information content (AvgIpc) is 3.55. The largest absolute Gasteiger partial charge is 0.364 e. The van der Waals surface area contributed by atoms with Crippen LogP contribution in [0.2, 0.25) is 0 Å². The van der Waals surface area contributed by atoms with Crippen molar-refractivity contribution in [2.45, 2.75) is 37.8 Å². The fourth-order valence-corrected chi connectivity index (χ4v) is 4.08. The van der Waals surface area contributed by atoms with E-state index in [0.29, 0.717) is 17.2 Å². The number of benzene rings is 1. The van der Waals surface area contributed by atoms with E-state index in [1.54, 1.807) is 23.3 Å². The van der Waals surface area contributed by atoms with Gasteiger partial charge in [-0.1, -0.05) is 12.8 Å². The molecular formula is C22H25N11O. The Hall–Kier alpha value is -4.32. The summed E-state index contributed by atoms with van der Waals surface area (Å²) in [6.45, 7) is 0. The van der Waals surface area contributed by atoms with Crippen LogP contribution >= 0.6 is 0 Å². The van der Waals surface area contributed by atoms with Crippen LogP contribution in [0.1, 0.15) is 36.2 Å². The fourth-order valence-electron chi connectivity index (χ4n) is 4.08. The van der Waals surface area contributed by atoms with E-state index in [-0.39, 0.29) is 23.6 Å². The Bertz CT molecular complexity index is 1220. The molecule has 3 heterocycles. The zero-order chi connectivity index (χ0) is 23.5. The lowest BCUT2D eigenvalue weighted by Crippen LogP contribution is -2.42. The van der Waals surface area contributed by atoms with Gasteiger partial charge in [-0.15, -0.1) is 0 Å². The Morgan fingerprint density at radius 2 is 1.82 bits per heavy atom. The Balaban J connectivity index is 1.50. The van der Waals surface area contributed by atoms with Crippen LogP contribution in [-0.2, 0) is 0 Å². The first kappa shape index (κ1) is 21.5. The molecule has 34 heavy (non-hydrogen) atoms. The van der Waals surface area contributed by atoms with Gasteiger partial charge in [0.2, 0.25) is 0 Å². The minimum Gasteiger partial charge on any atom is -0.364 e. The number of carbonyl (C=O) groups excluding carboxylic acids is 1. The van der Waals surface area contributed by atoms with Crippen molar-refractivity contribution in [3.05, 3.63) is 60.9 Å². The summed E-state index contributed by atoms with van der Waals surface area (Å²) in [5.41, 5.74) is 14.0. The molecule has 0 aliphatic heterocycles. The molecule has 5 rings (SSSR count). The van der Waals surface area contributed by atoms with E-state index in [2.05, 4.69) is 35.9 Å². The molecule has 0 spiro atoms. The molecular weight excluding hydrogens is 434 g/mol. The van der Waals surface area contributed by atoms with Crippen LogP contribution in [0.5, 0.6) is 0 Å². The first-order valence-electron chi connectivity index (χ1n) is 11.0. The molecule has 0 saturated heterocycles. The Morgan fingerprint density at radius 1 is 1.03 bits per heavy atom. The quantitative estimate of drug-likeness (QED) is 0.322. The highest BCUT2D eigenvalue weighted by atomic mass is 16.1. The summed E-state index contributed by atoms with van der Waals surface area (Å²) >= 11 is 0. The van der Waals surface area contributed by atoms with E-state index >= 15 is 0 Å². The van der Waals surface area contributed by atoms with Gasteiger partial charge in [-0.3, -0.25) is 4.79 Å². The molecule has 6 N–H and O–H groups in total. The van der Waals surface area contributed by atoms with Crippen LogP contribution in [-0.4, -0.2) is 52.7 Å². The molecule has 0 radical (unpaired) electrons. The third-order valence-corrected chi connectivity index (χ3v) is 5.74. The second kappa shape index (κ2) is 9.27. The first-order chi connectivity index (χ1) is 16.6. The number of nitrogens with two attached hydrogens (primary N) is 2. The van der Waals surface area contributed by atoms with Gasteiger partial charge < -0.3 is 22.1 Å². The predicted molar refractivity (Wildman–Crippen MR) is 126 cm³/mol. The summed E-state index contributed by atoms with van der Waals surface area (Å²) in [5, 5.41) is 19.3. The van der Waals surface area contributed by atoms with Gasteiger partial charge in [0.15, 0.2) is 11.5 Å². The zero-order valence-electron chi connectivity index (χ0n) is 18.4. The van der Waals surface area contributed by atoms with Gasteiger partial charge >= 0.3 is 0 Å². The molecule has 1 fully saturated rings. The van der Waals surface area contributed by atoms with E-state index in [4.69, 9.17) is 11.5 Å². The van der Waals surface area contributed by atoms with Gasteiger partial charge in [0.25, 0.3) is 5.91 Å². The van der Waals surface area contributed by atoms with Gasteiger partial charge in [-0.2, -0.15) is 20.1 Å². The maximum atomic E-state index is 12.1. The maximum absolute atomic E-state index is 12.1. The van der Waals surface area contributed by atoms with Gasteiger partial charge in [-0.25, -0.2) is 14.6 Å². The molecule has 0 bridgehead atoms. The molecule has 2 unspecified atom stereocenters. The Morgan fingerprint density at radius 3 is 2.56 bits per heavy atom. The molecule has 2 atom stereocenters. The van der Waals surface area contributed by atoms with Crippen molar-refractivity contribution < 1.29 is 4.79 Å². The van der Waals surface area contributed by atoms with Crippen LogP contribution in [0, 0.1) is 0 Å². The minimum absolute atomic E-state index is 0.0294. The number of nitrogens with zero attached hydrogens (tertiary/aromatic N) is 7. The lowest BCUT2D eigenvalue weighted by Gasteiger charge is -2.29. The third-order valence-electron chi connectivity index (χ3n) is 5.74. The van der Waals surface area contributed by atoms with Crippen LogP contribution in [0.4, 0.5) is 17.3 Å². The normalized spacial score (nSPS) is 17.9. The summed E-state index contributed by atoms with van der Waals surface area (Å²) in [6, 6.07) is 7.54. The minimum atomic E-state index is -0.687. The number of primary amides is 1. The number of aromatic nitrogens is 7. The van der Waals surface area contributed by atoms with Crippen molar-refractivity contribution in [1.29, 1.82) is 0 Å². The lowest BCUT2D eigenvalue weighted by molar-refractivity contribution is 0.0996. The van der Waals surface area contributed by atoms with Gasteiger partial charge in [0.1, 0.15) is 5.82 Å². The van der Waals surface area contributed by atoms with Gasteiger partial charge in [-0.05, 0) is 37.1 Å². The van der Waals surface area contributed by atoms with Crippen LogP contribution in [0.15, 0.2) is 55.2 Å². The molecule has 12 heteroatoms. The number of anilines is 3. The first-order valence-corrected chi connectivity index (χ1v) is 11.0. The van der Waals surface area contributed by atoms with E-state index in [0.717, 1.165) is 31.4 Å². The SMILES string of the molecule is NC(=O)c1ncc(NC2CCCCC2N)nc1Nc1cc(-n2cccn2)cc(-n2nccn2)c1. The van der Waals surface area contributed by atoms with Crippen molar-refractivity contribution in [1.82, 2.24) is 34.7 Å². The van der Waals surface area contributed by atoms with Crippen molar-refractivity contribution in [2.24, 2.45) is 11.5 Å². The molecule has 4 aromatic rings. The number of nitrogens with one attached hydrogen (secondary N) is 2. The molecule has 1 aliphatic rings. The third kappa shape index (κ3) is 4.57. The summed E-state index contributed by atoms with van der Waals surface area (Å²) < 4.78 is 1.71. The van der Waals surface area contributed by atoms with Crippen molar-refractivity contribution >= 4 is 23.2 Å². The number of carbonyl (C=O) groups is 1. The van der Waals surface area contributed by atoms with Crippen molar-refractivity contribution in [3.63, 3.8) is 0 Å². The maximum Gasteiger partial charge on any atom is 0.271 e. The molecule has 1 saturated carbocycles. The van der Waals surface area contributed by atoms with Crippen LogP contribution in [0.25, 0.3) is 11.4 Å². The highest BCUT2D eigenvalue weighted by Crippen LogP contribution is 2.26. The highest BCUT2D eigenvalue weighted by molar-refractivity contribution is 5.96. The molecule has 174 valence electrons. The monoisotopic (exact) mass is 459 g/mol. The molecule has 1 amide bonds. The van der Waals surface area contributed by atoms with Crippen molar-refractivity contribution in [3.8, 4) is 11.4 Å². The smallest absolute Gasteiger partial charge is 0.271 e. The number of hydrogen-bond acceptors (Lipinski definition) is 9. The number of hydrogen-bond donors (Lipinski definition) is 4. The molecule has 1 aromatic carbocycles. The Kier molecular flexibility index (Phi) is 5.87. The van der Waals surface area contributed by atoms with Crippen molar-refractivity contribution in [2.75, 3.05) is 10.6 Å². The second-order valence-electron chi connectivity index (χ2n) is 8.15. The molecule has 1 aliphatic carbocycles. The Labute approximate surface area is 195 Å². The topological polar surface area (TPSA) is 167 Å². The zero-order valence-corrected chi connectivity index (χ0v) is 18.4. The second-order valence-corrected chi connectivity index (χ2v) is 8.15. The summed E-state index contributed by atoms with van der Waals surface area (Å²) in [6.07, 6.45) is 12.3. The fraction of sp³-hybridized carbons (Fsp3) is 0.273. The summed E-state index contributed by atoms with van der Waals surface area (Å²) in [4.78, 5) is 22.4. The van der Waals surface area contributed by atoms with E-state index < -0.39 is 5.91 Å². The lowest BCUT2D eigenvalue weighted by atomic mass is 9.91. The number of rotatable bonds is 7. The summed E-state index contributed by atoms with van der Waals surface area (Å²) in [7, 11) is 0. The van der Waals surface area contributed by atoms with Crippen LogP contribution < -0.4 is 22.1 Å². The number of amides is 1. The average molecular weight is 460 g/mol. The van der Waals surface area contributed by atoms with Crippen LogP contribution in [0.3, 0.4) is 0 Å².